The average molecular weight is 278 g/mol. The zero-order valence-corrected chi connectivity index (χ0v) is 11.6. The van der Waals surface area contributed by atoms with Gasteiger partial charge in [-0.25, -0.2) is 0 Å². The van der Waals surface area contributed by atoms with Crippen LogP contribution in [0.25, 0.3) is 10.9 Å². The molecule has 0 spiro atoms. The molecular weight excluding hydrogens is 262 g/mol. The highest BCUT2D eigenvalue weighted by Gasteiger charge is 2.22. The molecule has 2 aromatic rings. The standard InChI is InChI=1S/C14H16ClN3O/c1-17-5-4-13-11(7-17)10-6-9(15)2-3-12(10)18(13)8-14(16)19/h2-3,6H,4-5,7-8H2,1H3,(H2,16,19). The van der Waals surface area contributed by atoms with Gasteiger partial charge in [0.15, 0.2) is 0 Å². The molecule has 19 heavy (non-hydrogen) atoms. The van der Waals surface area contributed by atoms with Crippen LogP contribution in [0.3, 0.4) is 0 Å². The van der Waals surface area contributed by atoms with Crippen LogP contribution in [0.5, 0.6) is 0 Å². The number of halogens is 1. The predicted octanol–water partition coefficient (Wildman–Crippen LogP) is 1.77. The molecule has 0 aliphatic carbocycles. The SMILES string of the molecule is CN1CCc2c(c3cc(Cl)ccc3n2CC(N)=O)C1. The van der Waals surface area contributed by atoms with E-state index in [1.54, 1.807) is 0 Å². The van der Waals surface area contributed by atoms with Crippen LogP contribution >= 0.6 is 11.6 Å². The number of nitrogens with two attached hydrogens (primary N) is 1. The van der Waals surface area contributed by atoms with E-state index in [0.717, 1.165) is 35.4 Å². The highest BCUT2D eigenvalue weighted by atomic mass is 35.5. The monoisotopic (exact) mass is 277 g/mol. The van der Waals surface area contributed by atoms with Gasteiger partial charge in [-0.1, -0.05) is 11.6 Å². The fourth-order valence-corrected chi connectivity index (χ4v) is 3.07. The second kappa shape index (κ2) is 4.54. The Labute approximate surface area is 116 Å². The molecule has 0 radical (unpaired) electrons. The molecule has 100 valence electrons. The van der Waals surface area contributed by atoms with E-state index in [2.05, 4.69) is 11.9 Å². The van der Waals surface area contributed by atoms with Crippen molar-refractivity contribution in [1.29, 1.82) is 0 Å². The molecule has 0 saturated heterocycles. The number of primary amides is 1. The van der Waals surface area contributed by atoms with E-state index in [9.17, 15) is 4.79 Å². The topological polar surface area (TPSA) is 51.3 Å². The first-order valence-electron chi connectivity index (χ1n) is 6.32. The van der Waals surface area contributed by atoms with E-state index in [4.69, 9.17) is 17.3 Å². The van der Waals surface area contributed by atoms with Crippen LogP contribution in [0, 0.1) is 0 Å². The summed E-state index contributed by atoms with van der Waals surface area (Å²) in [4.78, 5) is 13.6. The van der Waals surface area contributed by atoms with E-state index in [0.29, 0.717) is 0 Å². The zero-order chi connectivity index (χ0) is 13.6. The van der Waals surface area contributed by atoms with E-state index in [1.807, 2.05) is 22.8 Å². The number of aromatic nitrogens is 1. The molecule has 5 heteroatoms. The Bertz CT molecular complexity index is 662. The maximum absolute atomic E-state index is 11.3. The third-order valence-corrected chi connectivity index (χ3v) is 3.96. The number of nitrogens with zero attached hydrogens (tertiary/aromatic N) is 2. The predicted molar refractivity (Wildman–Crippen MR) is 76.2 cm³/mol. The van der Waals surface area contributed by atoms with Crippen molar-refractivity contribution in [2.45, 2.75) is 19.5 Å². The van der Waals surface area contributed by atoms with Gasteiger partial charge in [0.2, 0.25) is 5.91 Å². The fraction of sp³-hybridized carbons (Fsp3) is 0.357. The summed E-state index contributed by atoms with van der Waals surface area (Å²) < 4.78 is 2.04. The second-order valence-electron chi connectivity index (χ2n) is 5.13. The van der Waals surface area contributed by atoms with Crippen LogP contribution in [-0.4, -0.2) is 29.0 Å². The van der Waals surface area contributed by atoms with Gasteiger partial charge in [0.05, 0.1) is 0 Å². The molecule has 1 aliphatic rings. The minimum atomic E-state index is -0.312. The molecule has 2 N–H and O–H groups in total. The van der Waals surface area contributed by atoms with Crippen LogP contribution < -0.4 is 5.73 Å². The first kappa shape index (κ1) is 12.5. The van der Waals surface area contributed by atoms with Crippen LogP contribution in [0.2, 0.25) is 5.02 Å². The molecule has 1 aliphatic heterocycles. The Balaban J connectivity index is 2.26. The van der Waals surface area contributed by atoms with Crippen molar-refractivity contribution in [3.8, 4) is 0 Å². The number of carbonyl (C=O) groups is 1. The summed E-state index contributed by atoms with van der Waals surface area (Å²) in [6, 6.07) is 5.81. The lowest BCUT2D eigenvalue weighted by Crippen LogP contribution is -2.28. The number of benzene rings is 1. The minimum absolute atomic E-state index is 0.233. The normalized spacial score (nSPS) is 15.7. The average Bonchev–Trinajstić information content (AvgIpc) is 2.62. The van der Waals surface area contributed by atoms with E-state index in [-0.39, 0.29) is 12.5 Å². The van der Waals surface area contributed by atoms with Crippen molar-refractivity contribution in [1.82, 2.24) is 9.47 Å². The van der Waals surface area contributed by atoms with Gasteiger partial charge in [0.1, 0.15) is 6.54 Å². The van der Waals surface area contributed by atoms with Gasteiger partial charge in [-0.2, -0.15) is 0 Å². The Kier molecular flexibility index (Phi) is 2.99. The molecular formula is C14H16ClN3O. The summed E-state index contributed by atoms with van der Waals surface area (Å²) in [5, 5.41) is 1.86. The lowest BCUT2D eigenvalue weighted by atomic mass is 10.1. The van der Waals surface area contributed by atoms with Crippen molar-refractivity contribution in [3.05, 3.63) is 34.5 Å². The Morgan fingerprint density at radius 1 is 1.47 bits per heavy atom. The van der Waals surface area contributed by atoms with Gasteiger partial charge in [-0.05, 0) is 30.8 Å². The number of rotatable bonds is 2. The molecule has 0 unspecified atom stereocenters. The summed E-state index contributed by atoms with van der Waals surface area (Å²) in [5.41, 5.74) is 8.90. The number of hydrogen-bond acceptors (Lipinski definition) is 2. The first-order chi connectivity index (χ1) is 9.06. The quantitative estimate of drug-likeness (QED) is 0.909. The van der Waals surface area contributed by atoms with Gasteiger partial charge in [0.25, 0.3) is 0 Å². The minimum Gasteiger partial charge on any atom is -0.368 e. The lowest BCUT2D eigenvalue weighted by Gasteiger charge is -2.24. The molecule has 1 amide bonds. The van der Waals surface area contributed by atoms with Crippen LogP contribution in [-0.2, 0) is 24.3 Å². The van der Waals surface area contributed by atoms with Crippen LogP contribution in [0.4, 0.5) is 0 Å². The van der Waals surface area contributed by atoms with Gasteiger partial charge in [0, 0.05) is 41.1 Å². The van der Waals surface area contributed by atoms with Crippen molar-refractivity contribution in [3.63, 3.8) is 0 Å². The molecule has 0 atom stereocenters. The molecule has 3 rings (SSSR count). The molecule has 0 bridgehead atoms. The summed E-state index contributed by atoms with van der Waals surface area (Å²) in [7, 11) is 2.10. The Morgan fingerprint density at radius 3 is 3.00 bits per heavy atom. The third-order valence-electron chi connectivity index (χ3n) is 3.72. The maximum atomic E-state index is 11.3. The van der Waals surface area contributed by atoms with Crippen molar-refractivity contribution in [2.75, 3.05) is 13.6 Å². The first-order valence-corrected chi connectivity index (χ1v) is 6.70. The fourth-order valence-electron chi connectivity index (χ4n) is 2.89. The summed E-state index contributed by atoms with van der Waals surface area (Å²) in [5.74, 6) is -0.312. The summed E-state index contributed by atoms with van der Waals surface area (Å²) >= 11 is 6.10. The number of carbonyl (C=O) groups excluding carboxylic acids is 1. The smallest absolute Gasteiger partial charge is 0.237 e. The number of amides is 1. The molecule has 4 nitrogen and oxygen atoms in total. The Morgan fingerprint density at radius 2 is 2.26 bits per heavy atom. The Hall–Kier alpha value is -1.52. The van der Waals surface area contributed by atoms with Gasteiger partial charge >= 0.3 is 0 Å². The molecule has 1 aromatic carbocycles. The van der Waals surface area contributed by atoms with Gasteiger partial charge in [-0.15, -0.1) is 0 Å². The van der Waals surface area contributed by atoms with Crippen LogP contribution in [0.1, 0.15) is 11.3 Å². The molecule has 0 saturated carbocycles. The number of hydrogen-bond donors (Lipinski definition) is 1. The third kappa shape index (κ3) is 2.11. The second-order valence-corrected chi connectivity index (χ2v) is 5.56. The van der Waals surface area contributed by atoms with E-state index in [1.165, 1.54) is 11.3 Å². The molecule has 0 fully saturated rings. The molecule has 1 aromatic heterocycles. The largest absolute Gasteiger partial charge is 0.368 e. The lowest BCUT2D eigenvalue weighted by molar-refractivity contribution is -0.118. The highest BCUT2D eigenvalue weighted by molar-refractivity contribution is 6.31. The van der Waals surface area contributed by atoms with Gasteiger partial charge in [-0.3, -0.25) is 4.79 Å². The van der Waals surface area contributed by atoms with E-state index < -0.39 is 0 Å². The summed E-state index contributed by atoms with van der Waals surface area (Å²) in [6.07, 6.45) is 0.936. The van der Waals surface area contributed by atoms with Crippen molar-refractivity contribution < 1.29 is 4.79 Å². The van der Waals surface area contributed by atoms with Crippen LogP contribution in [0.15, 0.2) is 18.2 Å². The maximum Gasteiger partial charge on any atom is 0.237 e. The van der Waals surface area contributed by atoms with E-state index >= 15 is 0 Å². The number of likely N-dealkylation sites (N-methyl/N-ethyl adjacent to an activating group) is 1. The molecule has 2 heterocycles. The zero-order valence-electron chi connectivity index (χ0n) is 10.8. The summed E-state index contributed by atoms with van der Waals surface area (Å²) in [6.45, 7) is 2.12. The van der Waals surface area contributed by atoms with Crippen molar-refractivity contribution in [2.24, 2.45) is 5.73 Å². The number of fused-ring (bicyclic) bond motifs is 3. The van der Waals surface area contributed by atoms with Crippen molar-refractivity contribution >= 4 is 28.4 Å². The highest BCUT2D eigenvalue weighted by Crippen LogP contribution is 2.32. The van der Waals surface area contributed by atoms with Gasteiger partial charge < -0.3 is 15.2 Å².